The average Bonchev–Trinajstić information content (AvgIpc) is 2.65. The summed E-state index contributed by atoms with van der Waals surface area (Å²) in [6.07, 6.45) is 0.293. The smallest absolute Gasteiger partial charge is 0.303 e. The summed E-state index contributed by atoms with van der Waals surface area (Å²) in [6.45, 7) is 17.3. The quantitative estimate of drug-likeness (QED) is 0.343. The molecule has 1 aliphatic heterocycles. The van der Waals surface area contributed by atoms with Gasteiger partial charge in [0, 0.05) is 38.5 Å². The van der Waals surface area contributed by atoms with Crippen molar-refractivity contribution in [1.29, 1.82) is 0 Å². The van der Waals surface area contributed by atoms with Crippen molar-refractivity contribution < 1.29 is 38.1 Å². The molecule has 190 valence electrons. The molecule has 0 spiro atoms. The van der Waals surface area contributed by atoms with Crippen molar-refractivity contribution in [2.24, 2.45) is 22.7 Å². The monoisotopic (exact) mass is 478 g/mol. The van der Waals surface area contributed by atoms with Gasteiger partial charge in [-0.2, -0.15) is 0 Å². The van der Waals surface area contributed by atoms with Crippen LogP contribution in [0.1, 0.15) is 74.7 Å². The molecule has 1 saturated heterocycles. The maximum absolute atomic E-state index is 14.0. The summed E-state index contributed by atoms with van der Waals surface area (Å²) in [6, 6.07) is 0. The van der Waals surface area contributed by atoms with E-state index in [1.54, 1.807) is 19.9 Å². The fraction of sp³-hybridized carbons (Fsp3) is 0.769. The van der Waals surface area contributed by atoms with Crippen LogP contribution in [0.5, 0.6) is 0 Å². The number of fused-ring (bicyclic) bond motifs is 3. The molecule has 0 aromatic heterocycles. The van der Waals surface area contributed by atoms with Crippen molar-refractivity contribution in [3.63, 3.8) is 0 Å². The third kappa shape index (κ3) is 4.08. The molecule has 3 rings (SSSR count). The first-order valence-electron chi connectivity index (χ1n) is 11.9. The highest BCUT2D eigenvalue weighted by molar-refractivity contribution is 5.86. The summed E-state index contributed by atoms with van der Waals surface area (Å²) in [5.74, 6) is -2.87. The van der Waals surface area contributed by atoms with Gasteiger partial charge in [0.2, 0.25) is 0 Å². The molecule has 8 heteroatoms. The van der Waals surface area contributed by atoms with Gasteiger partial charge >= 0.3 is 17.9 Å². The van der Waals surface area contributed by atoms with Crippen LogP contribution in [-0.2, 0) is 38.1 Å². The van der Waals surface area contributed by atoms with E-state index < -0.39 is 70.1 Å². The summed E-state index contributed by atoms with van der Waals surface area (Å²) in [5, 5.41) is 0. The van der Waals surface area contributed by atoms with Crippen LogP contribution < -0.4 is 0 Å². The lowest BCUT2D eigenvalue weighted by molar-refractivity contribution is -0.323. The van der Waals surface area contributed by atoms with Crippen molar-refractivity contribution >= 4 is 23.7 Å². The van der Waals surface area contributed by atoms with Crippen LogP contribution in [0.15, 0.2) is 12.7 Å². The van der Waals surface area contributed by atoms with Crippen molar-refractivity contribution in [2.75, 3.05) is 0 Å². The third-order valence-corrected chi connectivity index (χ3v) is 8.28. The second kappa shape index (κ2) is 8.47. The number of hydrogen-bond acceptors (Lipinski definition) is 8. The number of carbonyl (C=O) groups is 4. The van der Waals surface area contributed by atoms with Crippen molar-refractivity contribution in [1.82, 2.24) is 0 Å². The Kier molecular flexibility index (Phi) is 6.57. The van der Waals surface area contributed by atoms with E-state index in [4.69, 9.17) is 18.9 Å². The molecule has 0 aromatic carbocycles. The molecule has 1 heterocycles. The highest BCUT2D eigenvalue weighted by atomic mass is 16.6. The first kappa shape index (κ1) is 26.4. The molecule has 0 radical (unpaired) electrons. The highest BCUT2D eigenvalue weighted by Gasteiger charge is 2.75. The van der Waals surface area contributed by atoms with Crippen molar-refractivity contribution in [3.8, 4) is 0 Å². The molecular formula is C26H38O8. The van der Waals surface area contributed by atoms with Gasteiger partial charge < -0.3 is 18.9 Å². The molecule has 34 heavy (non-hydrogen) atoms. The zero-order valence-electron chi connectivity index (χ0n) is 21.6. The SMILES string of the molecule is C=C[C@]1(C)CC(=O)[C@@H]2[C@@](C)(O1)[C@H](OC(C)=O)[C@H](OC(C)=O)[C@@H]1C(C)(C)CC[C@@H](OC(C)=O)[C@]12C. The Morgan fingerprint density at radius 2 is 1.53 bits per heavy atom. The summed E-state index contributed by atoms with van der Waals surface area (Å²) in [5.41, 5.74) is -3.74. The number of rotatable bonds is 4. The number of carbonyl (C=O) groups excluding carboxylic acids is 4. The van der Waals surface area contributed by atoms with Crippen molar-refractivity contribution in [3.05, 3.63) is 12.7 Å². The Morgan fingerprint density at radius 1 is 0.971 bits per heavy atom. The Labute approximate surface area is 201 Å². The predicted octanol–water partition coefficient (Wildman–Crippen LogP) is 3.55. The van der Waals surface area contributed by atoms with E-state index in [0.717, 1.165) is 0 Å². The summed E-state index contributed by atoms with van der Waals surface area (Å²) >= 11 is 0. The fourth-order valence-corrected chi connectivity index (χ4v) is 7.41. The number of hydrogen-bond donors (Lipinski definition) is 0. The van der Waals surface area contributed by atoms with Crippen LogP contribution in [0.3, 0.4) is 0 Å². The third-order valence-electron chi connectivity index (χ3n) is 8.28. The molecule has 2 saturated carbocycles. The largest absolute Gasteiger partial charge is 0.462 e. The first-order chi connectivity index (χ1) is 15.5. The topological polar surface area (TPSA) is 105 Å². The van der Waals surface area contributed by atoms with Crippen LogP contribution >= 0.6 is 0 Å². The number of ketones is 1. The second-order valence-electron chi connectivity index (χ2n) is 11.5. The van der Waals surface area contributed by atoms with Gasteiger partial charge in [-0.25, -0.2) is 0 Å². The van der Waals surface area contributed by atoms with E-state index in [-0.39, 0.29) is 12.2 Å². The van der Waals surface area contributed by atoms with E-state index in [9.17, 15) is 19.2 Å². The molecule has 8 nitrogen and oxygen atoms in total. The lowest BCUT2D eigenvalue weighted by atomic mass is 9.41. The minimum absolute atomic E-state index is 0.0807. The van der Waals surface area contributed by atoms with Crippen LogP contribution in [0.2, 0.25) is 0 Å². The normalized spacial score (nSPS) is 43.1. The lowest BCUT2D eigenvalue weighted by Crippen LogP contribution is -2.78. The Balaban J connectivity index is 2.34. The average molecular weight is 479 g/mol. The first-order valence-corrected chi connectivity index (χ1v) is 11.9. The van der Waals surface area contributed by atoms with Gasteiger partial charge in [-0.3, -0.25) is 19.2 Å². The van der Waals surface area contributed by atoms with Crippen molar-refractivity contribution in [2.45, 2.75) is 104 Å². The molecule has 8 atom stereocenters. The molecule has 0 unspecified atom stereocenters. The zero-order chi connectivity index (χ0) is 25.9. The van der Waals surface area contributed by atoms with Crippen LogP contribution in [0.4, 0.5) is 0 Å². The van der Waals surface area contributed by atoms with E-state index in [0.29, 0.717) is 12.8 Å². The fourth-order valence-electron chi connectivity index (χ4n) is 7.41. The van der Waals surface area contributed by atoms with Gasteiger partial charge in [-0.05, 0) is 32.1 Å². The predicted molar refractivity (Wildman–Crippen MR) is 122 cm³/mol. The Morgan fingerprint density at radius 3 is 2.03 bits per heavy atom. The second-order valence-corrected chi connectivity index (χ2v) is 11.5. The molecule has 0 aromatic rings. The minimum Gasteiger partial charge on any atom is -0.462 e. The Hall–Kier alpha value is -2.22. The molecular weight excluding hydrogens is 440 g/mol. The molecule has 0 bridgehead atoms. The number of esters is 3. The number of ether oxygens (including phenoxy) is 4. The van der Waals surface area contributed by atoms with Gasteiger partial charge in [0.05, 0.1) is 11.5 Å². The summed E-state index contributed by atoms with van der Waals surface area (Å²) in [4.78, 5) is 50.7. The summed E-state index contributed by atoms with van der Waals surface area (Å²) < 4.78 is 24.2. The maximum atomic E-state index is 14.0. The van der Waals surface area contributed by atoms with Gasteiger partial charge in [-0.15, -0.1) is 6.58 Å². The molecule has 3 aliphatic rings. The van der Waals surface area contributed by atoms with Crippen LogP contribution in [0.25, 0.3) is 0 Å². The van der Waals surface area contributed by atoms with Gasteiger partial charge in [-0.1, -0.05) is 26.8 Å². The van der Waals surface area contributed by atoms with E-state index in [2.05, 4.69) is 6.58 Å². The van der Waals surface area contributed by atoms with Gasteiger partial charge in [0.1, 0.15) is 23.6 Å². The Bertz CT molecular complexity index is 908. The van der Waals surface area contributed by atoms with E-state index >= 15 is 0 Å². The molecule has 0 amide bonds. The standard InChI is InChI=1S/C26H38O8/c1-10-24(7)13-17(30)20-25(8)18(31-14(2)27)11-12-23(5,6)21(25)19(32-15(3)28)22(33-16(4)29)26(20,9)34-24/h10,18-22H,1,11-13H2,2-9H3/t18-,19-,20+,21-,22-,24-,25+,26-/m1/s1. The van der Waals surface area contributed by atoms with E-state index in [1.165, 1.54) is 20.8 Å². The number of Topliss-reactive ketones (excluding diaryl/α,β-unsaturated/α-hetero) is 1. The lowest BCUT2D eigenvalue weighted by Gasteiger charge is -2.68. The zero-order valence-corrected chi connectivity index (χ0v) is 21.6. The van der Waals surface area contributed by atoms with E-state index in [1.807, 2.05) is 20.8 Å². The minimum atomic E-state index is -1.36. The summed E-state index contributed by atoms with van der Waals surface area (Å²) in [7, 11) is 0. The van der Waals surface area contributed by atoms with Crippen LogP contribution in [0, 0.1) is 22.7 Å². The molecule has 0 N–H and O–H groups in total. The maximum Gasteiger partial charge on any atom is 0.303 e. The van der Waals surface area contributed by atoms with Gasteiger partial charge in [0.15, 0.2) is 6.10 Å². The van der Waals surface area contributed by atoms with Crippen LogP contribution in [-0.4, -0.2) is 53.2 Å². The van der Waals surface area contributed by atoms with Gasteiger partial charge in [0.25, 0.3) is 0 Å². The molecule has 3 fully saturated rings. The highest BCUT2D eigenvalue weighted by Crippen LogP contribution is 2.66. The molecule has 2 aliphatic carbocycles.